The molecular formula is C15H28N2O3. The standard InChI is InChI=1S/C15H28N2O3/c1-4-6-9-12(8-5-2)16-14(20)17-11-7-10-15(17,3)13(18)19/h12H,4-11H2,1-3H3,(H,16,20)(H,18,19). The molecule has 2 amide bonds. The molecule has 0 saturated carbocycles. The predicted molar refractivity (Wildman–Crippen MR) is 78.7 cm³/mol. The molecule has 1 aliphatic rings. The van der Waals surface area contributed by atoms with Crippen molar-refractivity contribution in [2.24, 2.45) is 0 Å². The minimum Gasteiger partial charge on any atom is -0.480 e. The van der Waals surface area contributed by atoms with Gasteiger partial charge in [-0.2, -0.15) is 0 Å². The third-order valence-corrected chi connectivity index (χ3v) is 4.22. The molecule has 0 bridgehead atoms. The van der Waals surface area contributed by atoms with Crippen LogP contribution in [0.4, 0.5) is 4.79 Å². The number of hydrogen-bond donors (Lipinski definition) is 2. The number of likely N-dealkylation sites (tertiary alicyclic amines) is 1. The summed E-state index contributed by atoms with van der Waals surface area (Å²) in [5.74, 6) is -0.911. The summed E-state index contributed by atoms with van der Waals surface area (Å²) in [5, 5.41) is 12.4. The SMILES string of the molecule is CCCCC(CCC)NC(=O)N1CCCC1(C)C(=O)O. The second-order valence-electron chi connectivity index (χ2n) is 5.91. The van der Waals surface area contributed by atoms with Crippen molar-refractivity contribution >= 4 is 12.0 Å². The van der Waals surface area contributed by atoms with Gasteiger partial charge in [-0.1, -0.05) is 33.1 Å². The van der Waals surface area contributed by atoms with Crippen molar-refractivity contribution < 1.29 is 14.7 Å². The van der Waals surface area contributed by atoms with E-state index >= 15 is 0 Å². The van der Waals surface area contributed by atoms with Gasteiger partial charge >= 0.3 is 12.0 Å². The summed E-state index contributed by atoms with van der Waals surface area (Å²) in [7, 11) is 0. The van der Waals surface area contributed by atoms with Crippen molar-refractivity contribution in [3.8, 4) is 0 Å². The molecule has 0 aromatic rings. The highest BCUT2D eigenvalue weighted by Crippen LogP contribution is 2.29. The molecule has 116 valence electrons. The van der Waals surface area contributed by atoms with Crippen molar-refractivity contribution in [1.82, 2.24) is 10.2 Å². The summed E-state index contributed by atoms with van der Waals surface area (Å²) in [4.78, 5) is 25.3. The first-order valence-electron chi connectivity index (χ1n) is 7.77. The maximum Gasteiger partial charge on any atom is 0.329 e. The normalized spacial score (nSPS) is 23.6. The van der Waals surface area contributed by atoms with E-state index in [0.29, 0.717) is 13.0 Å². The number of carbonyl (C=O) groups excluding carboxylic acids is 1. The highest BCUT2D eigenvalue weighted by molar-refractivity contribution is 5.86. The average Bonchev–Trinajstić information content (AvgIpc) is 2.79. The number of urea groups is 1. The van der Waals surface area contributed by atoms with Gasteiger partial charge in [0, 0.05) is 12.6 Å². The first-order valence-corrected chi connectivity index (χ1v) is 7.77. The molecule has 2 N–H and O–H groups in total. The quantitative estimate of drug-likeness (QED) is 0.755. The number of unbranched alkanes of at least 4 members (excludes halogenated alkanes) is 1. The van der Waals surface area contributed by atoms with Crippen LogP contribution >= 0.6 is 0 Å². The Morgan fingerprint density at radius 3 is 2.55 bits per heavy atom. The molecule has 0 spiro atoms. The fourth-order valence-electron chi connectivity index (χ4n) is 2.85. The van der Waals surface area contributed by atoms with Crippen LogP contribution in [0, 0.1) is 0 Å². The van der Waals surface area contributed by atoms with Gasteiger partial charge in [0.05, 0.1) is 0 Å². The maximum atomic E-state index is 12.4. The molecule has 0 aliphatic carbocycles. The Bertz CT molecular complexity index is 346. The van der Waals surface area contributed by atoms with Crippen molar-refractivity contribution in [2.45, 2.75) is 77.3 Å². The van der Waals surface area contributed by atoms with Crippen LogP contribution in [0.5, 0.6) is 0 Å². The Balaban J connectivity index is 2.65. The molecule has 1 aliphatic heterocycles. The molecule has 0 radical (unpaired) electrons. The summed E-state index contributed by atoms with van der Waals surface area (Å²) < 4.78 is 0. The van der Waals surface area contributed by atoms with Gasteiger partial charge in [0.2, 0.25) is 0 Å². The number of rotatable bonds is 7. The molecule has 20 heavy (non-hydrogen) atoms. The Hall–Kier alpha value is -1.26. The second kappa shape index (κ2) is 7.50. The zero-order chi connectivity index (χ0) is 15.2. The van der Waals surface area contributed by atoms with E-state index in [-0.39, 0.29) is 12.1 Å². The molecule has 1 heterocycles. The van der Waals surface area contributed by atoms with Gasteiger partial charge in [0.1, 0.15) is 5.54 Å². The van der Waals surface area contributed by atoms with Crippen molar-refractivity contribution in [1.29, 1.82) is 0 Å². The van der Waals surface area contributed by atoms with Crippen LogP contribution in [0.25, 0.3) is 0 Å². The number of carboxylic acid groups (broad SMARTS) is 1. The highest BCUT2D eigenvalue weighted by Gasteiger charge is 2.46. The van der Waals surface area contributed by atoms with Gasteiger partial charge in [-0.05, 0) is 32.6 Å². The van der Waals surface area contributed by atoms with E-state index in [1.165, 1.54) is 4.90 Å². The number of nitrogens with one attached hydrogen (secondary N) is 1. The van der Waals surface area contributed by atoms with Gasteiger partial charge in [-0.3, -0.25) is 0 Å². The number of hydrogen-bond acceptors (Lipinski definition) is 2. The number of nitrogens with zero attached hydrogens (tertiary/aromatic N) is 1. The number of aliphatic carboxylic acids is 1. The molecule has 1 saturated heterocycles. The van der Waals surface area contributed by atoms with Crippen LogP contribution in [0.3, 0.4) is 0 Å². The van der Waals surface area contributed by atoms with Gasteiger partial charge < -0.3 is 15.3 Å². The van der Waals surface area contributed by atoms with Gasteiger partial charge in [-0.15, -0.1) is 0 Å². The molecule has 0 aromatic carbocycles. The summed E-state index contributed by atoms with van der Waals surface area (Å²) in [5.41, 5.74) is -1.05. The predicted octanol–water partition coefficient (Wildman–Crippen LogP) is 2.99. The Morgan fingerprint density at radius 2 is 2.00 bits per heavy atom. The fraction of sp³-hybridized carbons (Fsp3) is 0.867. The van der Waals surface area contributed by atoms with Crippen molar-refractivity contribution in [3.05, 3.63) is 0 Å². The Labute approximate surface area is 121 Å². The third kappa shape index (κ3) is 3.87. The summed E-state index contributed by atoms with van der Waals surface area (Å²) in [6.45, 7) is 6.40. The summed E-state index contributed by atoms with van der Waals surface area (Å²) in [6.07, 6.45) is 6.41. The lowest BCUT2D eigenvalue weighted by molar-refractivity contribution is -0.147. The smallest absolute Gasteiger partial charge is 0.329 e. The largest absolute Gasteiger partial charge is 0.480 e. The van der Waals surface area contributed by atoms with E-state index in [9.17, 15) is 14.7 Å². The van der Waals surface area contributed by atoms with Crippen LogP contribution in [0.2, 0.25) is 0 Å². The second-order valence-corrected chi connectivity index (χ2v) is 5.91. The van der Waals surface area contributed by atoms with E-state index in [0.717, 1.165) is 38.5 Å². The lowest BCUT2D eigenvalue weighted by Gasteiger charge is -2.32. The van der Waals surface area contributed by atoms with Crippen LogP contribution in [0.1, 0.15) is 65.7 Å². The van der Waals surface area contributed by atoms with Crippen LogP contribution in [0.15, 0.2) is 0 Å². The molecule has 0 aromatic heterocycles. The lowest BCUT2D eigenvalue weighted by Crippen LogP contribution is -2.55. The van der Waals surface area contributed by atoms with Gasteiger partial charge in [-0.25, -0.2) is 9.59 Å². The summed E-state index contributed by atoms with van der Waals surface area (Å²) >= 11 is 0. The van der Waals surface area contributed by atoms with E-state index in [1.807, 2.05) is 0 Å². The molecule has 2 unspecified atom stereocenters. The highest BCUT2D eigenvalue weighted by atomic mass is 16.4. The first-order chi connectivity index (χ1) is 9.45. The molecule has 2 atom stereocenters. The average molecular weight is 284 g/mol. The van der Waals surface area contributed by atoms with E-state index in [1.54, 1.807) is 6.92 Å². The Kier molecular flexibility index (Phi) is 6.30. The molecule has 5 heteroatoms. The Morgan fingerprint density at radius 1 is 1.30 bits per heavy atom. The van der Waals surface area contributed by atoms with Crippen LogP contribution in [-0.2, 0) is 4.79 Å². The number of carbonyl (C=O) groups is 2. The molecule has 1 rings (SSSR count). The molecule has 1 fully saturated rings. The first kappa shape index (κ1) is 16.8. The molecule has 5 nitrogen and oxygen atoms in total. The topological polar surface area (TPSA) is 69.6 Å². The van der Waals surface area contributed by atoms with Crippen LogP contribution in [-0.4, -0.2) is 40.1 Å². The third-order valence-electron chi connectivity index (χ3n) is 4.22. The zero-order valence-corrected chi connectivity index (χ0v) is 12.9. The van der Waals surface area contributed by atoms with Gasteiger partial charge in [0.15, 0.2) is 0 Å². The molecular weight excluding hydrogens is 256 g/mol. The van der Waals surface area contributed by atoms with Crippen molar-refractivity contribution in [3.63, 3.8) is 0 Å². The van der Waals surface area contributed by atoms with Gasteiger partial charge in [0.25, 0.3) is 0 Å². The fourth-order valence-corrected chi connectivity index (χ4v) is 2.85. The minimum absolute atomic E-state index is 0.158. The number of carboxylic acids is 1. The zero-order valence-electron chi connectivity index (χ0n) is 12.9. The maximum absolute atomic E-state index is 12.4. The van der Waals surface area contributed by atoms with Crippen molar-refractivity contribution in [2.75, 3.05) is 6.54 Å². The number of amides is 2. The summed E-state index contributed by atoms with van der Waals surface area (Å²) in [6, 6.07) is -0.0620. The lowest BCUT2D eigenvalue weighted by atomic mass is 9.99. The van der Waals surface area contributed by atoms with E-state index < -0.39 is 11.5 Å². The van der Waals surface area contributed by atoms with E-state index in [4.69, 9.17) is 0 Å². The van der Waals surface area contributed by atoms with Crippen LogP contribution < -0.4 is 5.32 Å². The monoisotopic (exact) mass is 284 g/mol. The minimum atomic E-state index is -1.05. The van der Waals surface area contributed by atoms with E-state index in [2.05, 4.69) is 19.2 Å².